The Labute approximate surface area is 225 Å². The highest BCUT2D eigenvalue weighted by Gasteiger charge is 2.31. The van der Waals surface area contributed by atoms with E-state index in [0.717, 1.165) is 12.8 Å². The van der Waals surface area contributed by atoms with E-state index in [1.165, 1.54) is 0 Å². The molecular formula is C27H30Cl2N4O4. The highest BCUT2D eigenvalue weighted by atomic mass is 35.5. The summed E-state index contributed by atoms with van der Waals surface area (Å²) in [5.41, 5.74) is 6.48. The topological polar surface area (TPSA) is 118 Å². The molecule has 0 saturated carbocycles. The van der Waals surface area contributed by atoms with Crippen LogP contribution in [0.15, 0.2) is 41.2 Å². The van der Waals surface area contributed by atoms with Gasteiger partial charge in [-0.15, -0.1) is 0 Å². The second kappa shape index (κ2) is 11.6. The fraction of sp³-hybridized carbons (Fsp3) is 0.407. The van der Waals surface area contributed by atoms with Gasteiger partial charge in [0.25, 0.3) is 5.56 Å². The number of H-pyrrole nitrogens is 1. The predicted molar refractivity (Wildman–Crippen MR) is 145 cm³/mol. The first kappa shape index (κ1) is 27.1. The minimum absolute atomic E-state index is 0.0153. The van der Waals surface area contributed by atoms with Crippen LogP contribution < -0.4 is 16.0 Å². The van der Waals surface area contributed by atoms with Crippen LogP contribution in [0.4, 0.5) is 4.79 Å². The fourth-order valence-electron chi connectivity index (χ4n) is 4.68. The Morgan fingerprint density at radius 1 is 1.19 bits per heavy atom. The highest BCUT2D eigenvalue weighted by Crippen LogP contribution is 2.32. The molecule has 1 saturated heterocycles. The van der Waals surface area contributed by atoms with Gasteiger partial charge in [-0.1, -0.05) is 37.0 Å². The summed E-state index contributed by atoms with van der Waals surface area (Å²) in [6, 6.07) is 9.00. The Morgan fingerprint density at radius 3 is 2.68 bits per heavy atom. The van der Waals surface area contributed by atoms with E-state index in [-0.39, 0.29) is 29.0 Å². The van der Waals surface area contributed by atoms with Crippen molar-refractivity contribution in [1.82, 2.24) is 14.9 Å². The zero-order chi connectivity index (χ0) is 26.7. The average Bonchev–Trinajstić information content (AvgIpc) is 3.32. The third-order valence-corrected chi connectivity index (χ3v) is 7.01. The lowest BCUT2D eigenvalue weighted by Gasteiger charge is -2.24. The quantitative estimate of drug-likeness (QED) is 0.381. The molecule has 37 heavy (non-hydrogen) atoms. The van der Waals surface area contributed by atoms with Crippen LogP contribution in [0.3, 0.4) is 0 Å². The smallest absolute Gasteiger partial charge is 0.409 e. The van der Waals surface area contributed by atoms with E-state index in [4.69, 9.17) is 33.7 Å². The Kier molecular flexibility index (Phi) is 8.52. The predicted octanol–water partition coefficient (Wildman–Crippen LogP) is 5.58. The molecule has 2 heterocycles. The van der Waals surface area contributed by atoms with Crippen molar-refractivity contribution in [2.45, 2.75) is 58.0 Å². The van der Waals surface area contributed by atoms with Crippen LogP contribution >= 0.6 is 23.2 Å². The normalized spacial score (nSPS) is 16.4. The number of carbonyl (C=O) groups excluding carboxylic acids is 2. The van der Waals surface area contributed by atoms with E-state index < -0.39 is 12.1 Å². The molecule has 0 spiro atoms. The summed E-state index contributed by atoms with van der Waals surface area (Å²) in [5.74, 6) is 0.788. The number of Topliss-reactive ketones (excluding diaryl/α,β-unsaturated/α-hetero) is 1. The summed E-state index contributed by atoms with van der Waals surface area (Å²) in [5, 5.41) is 1.16. The average molecular weight is 545 g/mol. The number of aromatic amines is 1. The zero-order valence-corrected chi connectivity index (χ0v) is 22.3. The van der Waals surface area contributed by atoms with Gasteiger partial charge in [-0.25, -0.2) is 9.78 Å². The Hall–Kier alpha value is -2.94. The zero-order valence-electron chi connectivity index (χ0n) is 20.8. The molecule has 10 heteroatoms. The number of halogens is 2. The molecule has 2 aromatic carbocycles. The summed E-state index contributed by atoms with van der Waals surface area (Å²) >= 11 is 12.2. The summed E-state index contributed by atoms with van der Waals surface area (Å²) < 4.78 is 5.78. The molecule has 3 N–H and O–H groups in total. The molecule has 0 radical (unpaired) electrons. The molecule has 0 unspecified atom stereocenters. The number of likely N-dealkylation sites (tertiary alicyclic amines) is 1. The molecule has 3 aromatic rings. The van der Waals surface area contributed by atoms with Gasteiger partial charge in [-0.05, 0) is 68.0 Å². The second-order valence-electron chi connectivity index (χ2n) is 9.81. The number of ether oxygens (including phenoxy) is 1. The fourth-order valence-corrected chi connectivity index (χ4v) is 5.02. The first-order valence-corrected chi connectivity index (χ1v) is 13.1. The maximum atomic E-state index is 13.2. The summed E-state index contributed by atoms with van der Waals surface area (Å²) in [6.07, 6.45) is 2.58. The van der Waals surface area contributed by atoms with Crippen molar-refractivity contribution in [3.8, 4) is 17.1 Å². The van der Waals surface area contributed by atoms with Crippen molar-refractivity contribution in [3.05, 3.63) is 56.8 Å². The molecule has 1 aromatic heterocycles. The third-order valence-electron chi connectivity index (χ3n) is 6.54. The van der Waals surface area contributed by atoms with Crippen LogP contribution in [0.25, 0.3) is 22.3 Å². The Balaban J connectivity index is 1.52. The SMILES string of the molecule is CC(C)C[C@H](N)C(=O)CC[C@@H]1CCCN1C(=O)Oc1ccc(Cl)cc1-c1nc2ccc(Cl)cc2c(=O)[nH]1. The standard InChI is InChI=1S/C27H30Cl2N4O4/c1-15(2)12-21(30)23(34)9-7-18-4-3-11-33(18)27(36)37-24-10-6-17(29)14-20(24)25-31-22-8-5-16(28)13-19(22)26(35)32-25/h5-6,8,10,13-15,18,21H,3-4,7,9,11-12,30H2,1-2H3,(H,31,32,35)/t18-,21-/m0/s1. The van der Waals surface area contributed by atoms with Gasteiger partial charge in [0.2, 0.25) is 0 Å². The highest BCUT2D eigenvalue weighted by molar-refractivity contribution is 6.31. The number of rotatable bonds is 8. The van der Waals surface area contributed by atoms with Gasteiger partial charge < -0.3 is 20.4 Å². The number of hydrogen-bond donors (Lipinski definition) is 2. The lowest BCUT2D eigenvalue weighted by molar-refractivity contribution is -0.120. The van der Waals surface area contributed by atoms with Crippen molar-refractivity contribution in [3.63, 3.8) is 0 Å². The van der Waals surface area contributed by atoms with Gasteiger partial charge in [-0.3, -0.25) is 9.59 Å². The molecule has 0 aliphatic carbocycles. The minimum atomic E-state index is -0.528. The van der Waals surface area contributed by atoms with E-state index in [0.29, 0.717) is 58.2 Å². The van der Waals surface area contributed by atoms with E-state index in [2.05, 4.69) is 9.97 Å². The largest absolute Gasteiger partial charge is 0.415 e. The molecular weight excluding hydrogens is 515 g/mol. The van der Waals surface area contributed by atoms with E-state index >= 15 is 0 Å². The monoisotopic (exact) mass is 544 g/mol. The van der Waals surface area contributed by atoms with Crippen LogP contribution in [0.1, 0.15) is 46.0 Å². The lowest BCUT2D eigenvalue weighted by Crippen LogP contribution is -2.39. The number of carbonyl (C=O) groups is 2. The van der Waals surface area contributed by atoms with Crippen LogP contribution in [0.5, 0.6) is 5.75 Å². The number of aromatic nitrogens is 2. The summed E-state index contributed by atoms with van der Waals surface area (Å²) in [7, 11) is 0. The van der Waals surface area contributed by atoms with Gasteiger partial charge in [0.05, 0.1) is 22.5 Å². The molecule has 1 aliphatic heterocycles. The number of nitrogens with two attached hydrogens (primary N) is 1. The number of benzene rings is 2. The van der Waals surface area contributed by atoms with E-state index in [1.807, 2.05) is 13.8 Å². The number of nitrogens with one attached hydrogen (secondary N) is 1. The number of nitrogens with zero attached hydrogens (tertiary/aromatic N) is 2. The van der Waals surface area contributed by atoms with Gasteiger partial charge in [-0.2, -0.15) is 0 Å². The molecule has 4 rings (SSSR count). The number of fused-ring (bicyclic) bond motifs is 1. The summed E-state index contributed by atoms with van der Waals surface area (Å²) in [4.78, 5) is 47.2. The van der Waals surface area contributed by atoms with Crippen molar-refractivity contribution in [2.24, 2.45) is 11.7 Å². The van der Waals surface area contributed by atoms with Gasteiger partial charge >= 0.3 is 6.09 Å². The Bertz CT molecular complexity index is 1370. The number of hydrogen-bond acceptors (Lipinski definition) is 6. The van der Waals surface area contributed by atoms with Crippen molar-refractivity contribution in [1.29, 1.82) is 0 Å². The van der Waals surface area contributed by atoms with Crippen molar-refractivity contribution < 1.29 is 14.3 Å². The van der Waals surface area contributed by atoms with Crippen LogP contribution in [0, 0.1) is 5.92 Å². The van der Waals surface area contributed by atoms with Crippen molar-refractivity contribution >= 4 is 46.0 Å². The summed E-state index contributed by atoms with van der Waals surface area (Å²) in [6.45, 7) is 4.60. The van der Waals surface area contributed by atoms with Crippen LogP contribution in [0.2, 0.25) is 10.0 Å². The molecule has 8 nitrogen and oxygen atoms in total. The maximum absolute atomic E-state index is 13.2. The van der Waals surface area contributed by atoms with Crippen molar-refractivity contribution in [2.75, 3.05) is 6.54 Å². The Morgan fingerprint density at radius 2 is 1.92 bits per heavy atom. The van der Waals surface area contributed by atoms with Crippen LogP contribution in [-0.4, -0.2) is 45.4 Å². The lowest BCUT2D eigenvalue weighted by atomic mass is 9.97. The number of ketones is 1. The second-order valence-corrected chi connectivity index (χ2v) is 10.7. The van der Waals surface area contributed by atoms with Gasteiger partial charge in [0.1, 0.15) is 17.4 Å². The first-order valence-electron chi connectivity index (χ1n) is 12.4. The molecule has 1 aliphatic rings. The third kappa shape index (κ3) is 6.50. The van der Waals surface area contributed by atoms with Gasteiger partial charge in [0.15, 0.2) is 0 Å². The molecule has 1 fully saturated rings. The molecule has 1 amide bonds. The number of amides is 1. The molecule has 2 atom stereocenters. The van der Waals surface area contributed by atoms with Crippen LogP contribution in [-0.2, 0) is 4.79 Å². The maximum Gasteiger partial charge on any atom is 0.415 e. The first-order chi connectivity index (χ1) is 17.6. The van der Waals surface area contributed by atoms with E-state index in [1.54, 1.807) is 41.3 Å². The molecule has 196 valence electrons. The van der Waals surface area contributed by atoms with E-state index in [9.17, 15) is 14.4 Å². The molecule has 0 bridgehead atoms. The minimum Gasteiger partial charge on any atom is -0.409 e. The van der Waals surface area contributed by atoms with Gasteiger partial charge in [0, 0.05) is 29.1 Å².